The Bertz CT molecular complexity index is 727. The summed E-state index contributed by atoms with van der Waals surface area (Å²) in [5, 5.41) is 10.6. The Morgan fingerprint density at radius 3 is 2.76 bits per heavy atom. The lowest BCUT2D eigenvalue weighted by Crippen LogP contribution is -2.27. The second kappa shape index (κ2) is 9.17. The predicted octanol–water partition coefficient (Wildman–Crippen LogP) is 3.80. The molecule has 2 rings (SSSR count). The standard InChI is InChI=1S/C18H24N4O2S/c1-12(2)7-8-19-16(23)10-15-11-25-18(21-15)22-17(24)20-14-6-4-5-13(3)9-14/h4-6,9,11-12H,7-8,10H2,1-3H3,(H,19,23)(H2,20,21,22,24). The summed E-state index contributed by atoms with van der Waals surface area (Å²) < 4.78 is 0. The molecule has 6 nitrogen and oxygen atoms in total. The van der Waals surface area contributed by atoms with Crippen LogP contribution in [-0.4, -0.2) is 23.5 Å². The SMILES string of the molecule is Cc1cccc(NC(=O)Nc2nc(CC(=O)NCCC(C)C)cs2)c1. The minimum absolute atomic E-state index is 0.0540. The Morgan fingerprint density at radius 2 is 2.04 bits per heavy atom. The maximum atomic E-state index is 12.0. The maximum Gasteiger partial charge on any atom is 0.325 e. The van der Waals surface area contributed by atoms with Gasteiger partial charge in [0.2, 0.25) is 5.91 Å². The molecular formula is C18H24N4O2S. The van der Waals surface area contributed by atoms with Gasteiger partial charge in [-0.15, -0.1) is 11.3 Å². The van der Waals surface area contributed by atoms with Crippen LogP contribution in [0.1, 0.15) is 31.5 Å². The molecule has 0 aliphatic heterocycles. The Morgan fingerprint density at radius 1 is 1.24 bits per heavy atom. The third kappa shape index (κ3) is 6.93. The van der Waals surface area contributed by atoms with Crippen LogP contribution >= 0.6 is 11.3 Å². The van der Waals surface area contributed by atoms with Crippen LogP contribution in [0.3, 0.4) is 0 Å². The number of anilines is 2. The molecule has 0 aliphatic carbocycles. The monoisotopic (exact) mass is 360 g/mol. The highest BCUT2D eigenvalue weighted by Crippen LogP contribution is 2.17. The van der Waals surface area contributed by atoms with E-state index in [2.05, 4.69) is 34.8 Å². The normalized spacial score (nSPS) is 10.6. The van der Waals surface area contributed by atoms with Crippen molar-refractivity contribution in [2.45, 2.75) is 33.6 Å². The molecule has 0 saturated carbocycles. The van der Waals surface area contributed by atoms with Gasteiger partial charge < -0.3 is 10.6 Å². The van der Waals surface area contributed by atoms with Crippen molar-refractivity contribution >= 4 is 34.1 Å². The van der Waals surface area contributed by atoms with Crippen LogP contribution in [0.4, 0.5) is 15.6 Å². The molecular weight excluding hydrogens is 336 g/mol. The number of benzene rings is 1. The van der Waals surface area contributed by atoms with Crippen molar-refractivity contribution in [3.8, 4) is 0 Å². The van der Waals surface area contributed by atoms with Gasteiger partial charge in [0.05, 0.1) is 12.1 Å². The number of nitrogens with zero attached hydrogens (tertiary/aromatic N) is 1. The number of carbonyl (C=O) groups excluding carboxylic acids is 2. The van der Waals surface area contributed by atoms with Gasteiger partial charge in [-0.05, 0) is 37.0 Å². The van der Waals surface area contributed by atoms with Crippen LogP contribution in [0, 0.1) is 12.8 Å². The highest BCUT2D eigenvalue weighted by Gasteiger charge is 2.10. The van der Waals surface area contributed by atoms with Crippen molar-refractivity contribution in [2.24, 2.45) is 5.92 Å². The molecule has 0 radical (unpaired) electrons. The minimum atomic E-state index is -0.354. The fourth-order valence-electron chi connectivity index (χ4n) is 2.16. The second-order valence-corrected chi connectivity index (χ2v) is 7.16. The molecule has 0 saturated heterocycles. The van der Waals surface area contributed by atoms with Crippen LogP contribution < -0.4 is 16.0 Å². The third-order valence-electron chi connectivity index (χ3n) is 3.43. The highest BCUT2D eigenvalue weighted by molar-refractivity contribution is 7.13. The Labute approximate surface area is 152 Å². The third-order valence-corrected chi connectivity index (χ3v) is 4.24. The van der Waals surface area contributed by atoms with Crippen LogP contribution in [0.2, 0.25) is 0 Å². The predicted molar refractivity (Wildman–Crippen MR) is 102 cm³/mol. The molecule has 1 aromatic carbocycles. The summed E-state index contributed by atoms with van der Waals surface area (Å²) in [6, 6.07) is 7.19. The Hall–Kier alpha value is -2.41. The maximum absolute atomic E-state index is 12.0. The fourth-order valence-corrected chi connectivity index (χ4v) is 2.86. The first kappa shape index (κ1) is 18.9. The van der Waals surface area contributed by atoms with Crippen molar-refractivity contribution in [1.29, 1.82) is 0 Å². The molecule has 3 N–H and O–H groups in total. The number of nitrogens with one attached hydrogen (secondary N) is 3. The number of thiazole rings is 1. The molecule has 0 spiro atoms. The van der Waals surface area contributed by atoms with Gasteiger partial charge in [-0.3, -0.25) is 10.1 Å². The van der Waals surface area contributed by atoms with Crippen molar-refractivity contribution in [2.75, 3.05) is 17.2 Å². The second-order valence-electron chi connectivity index (χ2n) is 6.30. The molecule has 7 heteroatoms. The van der Waals surface area contributed by atoms with Gasteiger partial charge in [0, 0.05) is 17.6 Å². The molecule has 0 atom stereocenters. The first-order valence-corrected chi connectivity index (χ1v) is 9.16. The molecule has 134 valence electrons. The number of rotatable bonds is 7. The van der Waals surface area contributed by atoms with E-state index in [-0.39, 0.29) is 18.4 Å². The average molecular weight is 360 g/mol. The van der Waals surface area contributed by atoms with Crippen molar-refractivity contribution in [3.63, 3.8) is 0 Å². The van der Waals surface area contributed by atoms with Gasteiger partial charge in [0.25, 0.3) is 0 Å². The number of aryl methyl sites for hydroxylation is 1. The zero-order chi connectivity index (χ0) is 18.2. The van der Waals surface area contributed by atoms with Gasteiger partial charge >= 0.3 is 6.03 Å². The first-order valence-electron chi connectivity index (χ1n) is 8.28. The number of aromatic nitrogens is 1. The van der Waals surface area contributed by atoms with Crippen molar-refractivity contribution in [1.82, 2.24) is 10.3 Å². The topological polar surface area (TPSA) is 83.1 Å². The molecule has 2 aromatic rings. The highest BCUT2D eigenvalue weighted by atomic mass is 32.1. The Kier molecular flexibility index (Phi) is 6.94. The molecule has 1 heterocycles. The van der Waals surface area contributed by atoms with Crippen LogP contribution in [0.15, 0.2) is 29.6 Å². The van der Waals surface area contributed by atoms with Gasteiger partial charge in [-0.25, -0.2) is 9.78 Å². The molecule has 0 bridgehead atoms. The number of hydrogen-bond donors (Lipinski definition) is 3. The number of hydrogen-bond acceptors (Lipinski definition) is 4. The lowest BCUT2D eigenvalue weighted by Gasteiger charge is -2.06. The summed E-state index contributed by atoms with van der Waals surface area (Å²) in [7, 11) is 0. The zero-order valence-corrected chi connectivity index (χ0v) is 15.6. The quantitative estimate of drug-likeness (QED) is 0.702. The summed E-state index contributed by atoms with van der Waals surface area (Å²) in [5.74, 6) is 0.504. The number of carbonyl (C=O) groups is 2. The van der Waals surface area contributed by atoms with Crippen molar-refractivity contribution < 1.29 is 9.59 Å². The van der Waals surface area contributed by atoms with E-state index in [1.54, 1.807) is 5.38 Å². The van der Waals surface area contributed by atoms with E-state index < -0.39 is 0 Å². The van der Waals surface area contributed by atoms with E-state index in [1.807, 2.05) is 31.2 Å². The fraction of sp³-hybridized carbons (Fsp3) is 0.389. The summed E-state index contributed by atoms with van der Waals surface area (Å²) in [5.41, 5.74) is 2.44. The van der Waals surface area contributed by atoms with Gasteiger partial charge in [0.15, 0.2) is 5.13 Å². The molecule has 25 heavy (non-hydrogen) atoms. The summed E-state index contributed by atoms with van der Waals surface area (Å²) in [6.07, 6.45) is 1.17. The lowest BCUT2D eigenvalue weighted by atomic mass is 10.1. The van der Waals surface area contributed by atoms with Gasteiger partial charge in [0.1, 0.15) is 0 Å². The van der Waals surface area contributed by atoms with E-state index in [0.717, 1.165) is 17.7 Å². The molecule has 0 unspecified atom stereocenters. The van der Waals surface area contributed by atoms with Crippen LogP contribution in [0.5, 0.6) is 0 Å². The van der Waals surface area contributed by atoms with E-state index >= 15 is 0 Å². The smallest absolute Gasteiger partial charge is 0.325 e. The average Bonchev–Trinajstić information content (AvgIpc) is 2.93. The lowest BCUT2D eigenvalue weighted by molar-refractivity contribution is -0.120. The largest absolute Gasteiger partial charge is 0.356 e. The van der Waals surface area contributed by atoms with E-state index in [9.17, 15) is 9.59 Å². The zero-order valence-electron chi connectivity index (χ0n) is 14.8. The van der Waals surface area contributed by atoms with Gasteiger partial charge in [-0.2, -0.15) is 0 Å². The van der Waals surface area contributed by atoms with E-state index in [1.165, 1.54) is 11.3 Å². The van der Waals surface area contributed by atoms with Crippen LogP contribution in [-0.2, 0) is 11.2 Å². The summed E-state index contributed by atoms with van der Waals surface area (Å²) in [4.78, 5) is 28.1. The van der Waals surface area contributed by atoms with Gasteiger partial charge in [-0.1, -0.05) is 26.0 Å². The Balaban J connectivity index is 1.80. The van der Waals surface area contributed by atoms with Crippen molar-refractivity contribution in [3.05, 3.63) is 40.9 Å². The van der Waals surface area contributed by atoms with E-state index in [0.29, 0.717) is 23.3 Å². The molecule has 0 fully saturated rings. The molecule has 3 amide bonds. The van der Waals surface area contributed by atoms with Crippen LogP contribution in [0.25, 0.3) is 0 Å². The van der Waals surface area contributed by atoms with E-state index in [4.69, 9.17) is 0 Å². The molecule has 0 aliphatic rings. The summed E-state index contributed by atoms with van der Waals surface area (Å²) in [6.45, 7) is 6.87. The summed E-state index contributed by atoms with van der Waals surface area (Å²) >= 11 is 1.30. The molecule has 1 aromatic heterocycles. The number of urea groups is 1. The minimum Gasteiger partial charge on any atom is -0.356 e. The first-order chi connectivity index (χ1) is 11.9. The number of amides is 3.